The molecule has 0 saturated heterocycles. The van der Waals surface area contributed by atoms with Gasteiger partial charge in [-0.3, -0.25) is 4.79 Å². The van der Waals surface area contributed by atoms with E-state index in [4.69, 9.17) is 9.47 Å². The van der Waals surface area contributed by atoms with Gasteiger partial charge in [-0.25, -0.2) is 4.79 Å². The fourth-order valence-electron chi connectivity index (χ4n) is 1.69. The summed E-state index contributed by atoms with van der Waals surface area (Å²) in [5.74, 6) is -1.25. The summed E-state index contributed by atoms with van der Waals surface area (Å²) in [5.41, 5.74) is 1.01. The lowest BCUT2D eigenvalue weighted by molar-refractivity contribution is -0.147. The standard InChI is InChI=1S/C17H14O5/c18-10-9-16(19)17(20)22-15-8-4-7-14(11-15)21-12-13-5-2-1-3-6-13/h1-8,10-11H,9,12H2. The maximum absolute atomic E-state index is 11.4. The second-order valence-electron chi connectivity index (χ2n) is 4.43. The zero-order valence-electron chi connectivity index (χ0n) is 11.7. The summed E-state index contributed by atoms with van der Waals surface area (Å²) in [5, 5.41) is 0. The molecule has 0 aliphatic rings. The number of esters is 1. The van der Waals surface area contributed by atoms with E-state index in [9.17, 15) is 14.4 Å². The minimum atomic E-state index is -1.06. The number of benzene rings is 2. The second kappa shape index (κ2) is 7.73. The van der Waals surface area contributed by atoms with Crippen LogP contribution in [0, 0.1) is 0 Å². The summed E-state index contributed by atoms with van der Waals surface area (Å²) in [7, 11) is 0. The van der Waals surface area contributed by atoms with Crippen LogP contribution in [-0.2, 0) is 21.0 Å². The molecular weight excluding hydrogens is 284 g/mol. The molecule has 5 nitrogen and oxygen atoms in total. The first-order valence-electron chi connectivity index (χ1n) is 6.64. The van der Waals surface area contributed by atoms with Crippen molar-refractivity contribution in [1.82, 2.24) is 0 Å². The SMILES string of the molecule is O=CCC(=O)C(=O)Oc1cccc(OCc2ccccc2)c1. The van der Waals surface area contributed by atoms with Crippen LogP contribution in [0.15, 0.2) is 54.6 Å². The molecule has 0 bridgehead atoms. The van der Waals surface area contributed by atoms with E-state index in [0.717, 1.165) is 5.56 Å². The van der Waals surface area contributed by atoms with Gasteiger partial charge in [0.1, 0.15) is 24.4 Å². The summed E-state index contributed by atoms with van der Waals surface area (Å²) in [6, 6.07) is 16.0. The predicted molar refractivity (Wildman–Crippen MR) is 78.5 cm³/mol. The Kier molecular flexibility index (Phi) is 5.43. The van der Waals surface area contributed by atoms with E-state index in [1.165, 1.54) is 12.1 Å². The largest absolute Gasteiger partial charge is 0.489 e. The van der Waals surface area contributed by atoms with Crippen molar-refractivity contribution >= 4 is 18.0 Å². The molecule has 0 fully saturated rings. The number of carbonyl (C=O) groups excluding carboxylic acids is 3. The summed E-state index contributed by atoms with van der Waals surface area (Å²) in [6.45, 7) is 0.377. The van der Waals surface area contributed by atoms with Gasteiger partial charge < -0.3 is 14.3 Å². The van der Waals surface area contributed by atoms with E-state index in [1.54, 1.807) is 12.1 Å². The van der Waals surface area contributed by atoms with Gasteiger partial charge in [0.2, 0.25) is 5.78 Å². The maximum Gasteiger partial charge on any atom is 0.380 e. The molecule has 0 radical (unpaired) electrons. The Bertz CT molecular complexity index is 664. The van der Waals surface area contributed by atoms with Crippen molar-refractivity contribution < 1.29 is 23.9 Å². The number of Topliss-reactive ketones (excluding diaryl/α,β-unsaturated/α-hetero) is 1. The minimum absolute atomic E-state index is 0.190. The van der Waals surface area contributed by atoms with Crippen LogP contribution in [0.2, 0.25) is 0 Å². The van der Waals surface area contributed by atoms with E-state index < -0.39 is 18.2 Å². The summed E-state index contributed by atoms with van der Waals surface area (Å²) in [6.07, 6.45) is -0.119. The summed E-state index contributed by atoms with van der Waals surface area (Å²) in [4.78, 5) is 32.8. The van der Waals surface area contributed by atoms with Crippen molar-refractivity contribution in [2.45, 2.75) is 13.0 Å². The van der Waals surface area contributed by atoms with E-state index in [2.05, 4.69) is 0 Å². The van der Waals surface area contributed by atoms with Gasteiger partial charge in [0.05, 0.1) is 6.42 Å². The number of hydrogen-bond donors (Lipinski definition) is 0. The smallest absolute Gasteiger partial charge is 0.380 e. The van der Waals surface area contributed by atoms with Crippen LogP contribution >= 0.6 is 0 Å². The van der Waals surface area contributed by atoms with Crippen LogP contribution in [0.3, 0.4) is 0 Å². The van der Waals surface area contributed by atoms with Gasteiger partial charge in [-0.2, -0.15) is 0 Å². The van der Waals surface area contributed by atoms with Crippen molar-refractivity contribution in [2.24, 2.45) is 0 Å². The van der Waals surface area contributed by atoms with Crippen LogP contribution in [0.25, 0.3) is 0 Å². The van der Waals surface area contributed by atoms with Crippen molar-refractivity contribution in [3.05, 3.63) is 60.2 Å². The molecule has 0 unspecified atom stereocenters. The van der Waals surface area contributed by atoms with E-state index in [0.29, 0.717) is 18.6 Å². The fraction of sp³-hybridized carbons (Fsp3) is 0.118. The van der Waals surface area contributed by atoms with Crippen molar-refractivity contribution in [1.29, 1.82) is 0 Å². The molecule has 22 heavy (non-hydrogen) atoms. The third-order valence-electron chi connectivity index (χ3n) is 2.76. The highest BCUT2D eigenvalue weighted by Crippen LogP contribution is 2.20. The zero-order chi connectivity index (χ0) is 15.8. The first-order chi connectivity index (χ1) is 10.7. The van der Waals surface area contributed by atoms with Crippen LogP contribution in [0.1, 0.15) is 12.0 Å². The van der Waals surface area contributed by atoms with Crippen LogP contribution in [0.4, 0.5) is 0 Å². The lowest BCUT2D eigenvalue weighted by Crippen LogP contribution is -2.20. The summed E-state index contributed by atoms with van der Waals surface area (Å²) >= 11 is 0. The highest BCUT2D eigenvalue weighted by atomic mass is 16.5. The average molecular weight is 298 g/mol. The average Bonchev–Trinajstić information content (AvgIpc) is 2.54. The third-order valence-corrected chi connectivity index (χ3v) is 2.76. The van der Waals surface area contributed by atoms with Gasteiger partial charge >= 0.3 is 5.97 Å². The Labute approximate surface area is 127 Å². The molecule has 0 amide bonds. The fourth-order valence-corrected chi connectivity index (χ4v) is 1.69. The first kappa shape index (κ1) is 15.4. The Morgan fingerprint density at radius 2 is 1.68 bits per heavy atom. The van der Waals surface area contributed by atoms with Gasteiger partial charge in [-0.1, -0.05) is 36.4 Å². The zero-order valence-corrected chi connectivity index (χ0v) is 11.7. The first-order valence-corrected chi connectivity index (χ1v) is 6.64. The van der Waals surface area contributed by atoms with Crippen LogP contribution in [-0.4, -0.2) is 18.0 Å². The molecule has 2 aromatic carbocycles. The van der Waals surface area contributed by atoms with E-state index in [-0.39, 0.29) is 5.75 Å². The Balaban J connectivity index is 1.96. The molecular formula is C17H14O5. The Morgan fingerprint density at radius 3 is 2.41 bits per heavy atom. The van der Waals surface area contributed by atoms with Gasteiger partial charge in [0.25, 0.3) is 0 Å². The van der Waals surface area contributed by atoms with Crippen molar-refractivity contribution in [2.75, 3.05) is 0 Å². The molecule has 112 valence electrons. The molecule has 0 aliphatic heterocycles. The number of hydrogen-bond acceptors (Lipinski definition) is 5. The molecule has 0 atom stereocenters. The molecule has 0 spiro atoms. The number of carbonyl (C=O) groups is 3. The monoisotopic (exact) mass is 298 g/mol. The number of ketones is 1. The topological polar surface area (TPSA) is 69.7 Å². The van der Waals surface area contributed by atoms with Crippen molar-refractivity contribution in [3.8, 4) is 11.5 Å². The van der Waals surface area contributed by atoms with Gasteiger partial charge in [-0.15, -0.1) is 0 Å². The molecule has 0 heterocycles. The molecule has 5 heteroatoms. The number of aldehydes is 1. The van der Waals surface area contributed by atoms with Crippen LogP contribution < -0.4 is 9.47 Å². The Morgan fingerprint density at radius 1 is 0.955 bits per heavy atom. The lowest BCUT2D eigenvalue weighted by atomic mass is 10.2. The molecule has 2 aromatic rings. The Hall–Kier alpha value is -2.95. The highest BCUT2D eigenvalue weighted by Gasteiger charge is 2.15. The summed E-state index contributed by atoms with van der Waals surface area (Å²) < 4.78 is 10.5. The molecule has 2 rings (SSSR count). The third kappa shape index (κ3) is 4.56. The number of ether oxygens (including phenoxy) is 2. The molecule has 0 aliphatic carbocycles. The van der Waals surface area contributed by atoms with Gasteiger partial charge in [0.15, 0.2) is 0 Å². The highest BCUT2D eigenvalue weighted by molar-refractivity contribution is 6.36. The molecule has 0 aromatic heterocycles. The van der Waals surface area contributed by atoms with E-state index in [1.807, 2.05) is 30.3 Å². The molecule has 0 saturated carbocycles. The van der Waals surface area contributed by atoms with E-state index >= 15 is 0 Å². The molecule has 0 N–H and O–H groups in total. The second-order valence-corrected chi connectivity index (χ2v) is 4.43. The normalized spacial score (nSPS) is 9.82. The quantitative estimate of drug-likeness (QED) is 0.258. The number of rotatable bonds is 7. The van der Waals surface area contributed by atoms with Crippen molar-refractivity contribution in [3.63, 3.8) is 0 Å². The van der Waals surface area contributed by atoms with Gasteiger partial charge in [-0.05, 0) is 17.7 Å². The maximum atomic E-state index is 11.4. The lowest BCUT2D eigenvalue weighted by Gasteiger charge is -2.08. The van der Waals surface area contributed by atoms with Crippen LogP contribution in [0.5, 0.6) is 11.5 Å². The minimum Gasteiger partial charge on any atom is -0.489 e. The van der Waals surface area contributed by atoms with Gasteiger partial charge in [0, 0.05) is 6.07 Å². The predicted octanol–water partition coefficient (Wildman–Crippen LogP) is 2.33.